The van der Waals surface area contributed by atoms with Crippen molar-refractivity contribution in [1.82, 2.24) is 0 Å². The van der Waals surface area contributed by atoms with Crippen molar-refractivity contribution in [3.63, 3.8) is 0 Å². The molecule has 21 heavy (non-hydrogen) atoms. The van der Waals surface area contributed by atoms with Crippen LogP contribution in [-0.2, 0) is 6.54 Å². The standard InChI is InChI=1S/C14H11F3N2O2/c15-9-2-1-8(14(18)21)5-12(9)19-6-7-3-10(16)13(20)11(17)4-7/h1-5,19-20H,6H2,(H2,18,21). The molecule has 0 fully saturated rings. The van der Waals surface area contributed by atoms with Crippen LogP contribution in [0.25, 0.3) is 0 Å². The highest BCUT2D eigenvalue weighted by molar-refractivity contribution is 5.93. The van der Waals surface area contributed by atoms with Crippen LogP contribution in [0.15, 0.2) is 30.3 Å². The Morgan fingerprint density at radius 1 is 1.10 bits per heavy atom. The third-order valence-corrected chi connectivity index (χ3v) is 2.81. The van der Waals surface area contributed by atoms with Crippen molar-refractivity contribution >= 4 is 11.6 Å². The molecule has 7 heteroatoms. The van der Waals surface area contributed by atoms with E-state index < -0.39 is 29.1 Å². The molecule has 0 aliphatic rings. The van der Waals surface area contributed by atoms with Gasteiger partial charge in [0.15, 0.2) is 17.4 Å². The molecule has 0 aromatic heterocycles. The van der Waals surface area contributed by atoms with Crippen molar-refractivity contribution in [3.8, 4) is 5.75 Å². The molecular weight excluding hydrogens is 285 g/mol. The van der Waals surface area contributed by atoms with Gasteiger partial charge >= 0.3 is 0 Å². The van der Waals surface area contributed by atoms with E-state index in [0.717, 1.165) is 18.2 Å². The van der Waals surface area contributed by atoms with E-state index in [0.29, 0.717) is 0 Å². The van der Waals surface area contributed by atoms with Crippen LogP contribution in [0, 0.1) is 17.5 Å². The van der Waals surface area contributed by atoms with Gasteiger partial charge in [-0.25, -0.2) is 13.2 Å². The number of nitrogens with two attached hydrogens (primary N) is 1. The van der Waals surface area contributed by atoms with E-state index in [2.05, 4.69) is 5.32 Å². The number of halogens is 3. The van der Waals surface area contributed by atoms with Gasteiger partial charge in [0.2, 0.25) is 5.91 Å². The lowest BCUT2D eigenvalue weighted by Gasteiger charge is -2.09. The summed E-state index contributed by atoms with van der Waals surface area (Å²) < 4.78 is 39.9. The molecule has 0 saturated heterocycles. The molecule has 0 spiro atoms. The normalized spacial score (nSPS) is 10.4. The summed E-state index contributed by atoms with van der Waals surface area (Å²) in [5.41, 5.74) is 5.31. The SMILES string of the molecule is NC(=O)c1ccc(F)c(NCc2cc(F)c(O)c(F)c2)c1. The Balaban J connectivity index is 2.20. The Labute approximate surface area is 118 Å². The smallest absolute Gasteiger partial charge is 0.248 e. The molecule has 0 aliphatic carbocycles. The highest BCUT2D eigenvalue weighted by atomic mass is 19.1. The predicted octanol–water partition coefficient (Wildman–Crippen LogP) is 2.52. The number of phenolic OH excluding ortho intramolecular Hbond substituents is 1. The molecule has 1 amide bonds. The first-order valence-corrected chi connectivity index (χ1v) is 5.88. The Morgan fingerprint density at radius 3 is 2.29 bits per heavy atom. The molecule has 2 rings (SSSR count). The van der Waals surface area contributed by atoms with Gasteiger partial charge in [0.05, 0.1) is 5.69 Å². The number of aromatic hydroxyl groups is 1. The first kappa shape index (κ1) is 14.7. The quantitative estimate of drug-likeness (QED) is 0.811. The first-order valence-electron chi connectivity index (χ1n) is 5.88. The van der Waals surface area contributed by atoms with E-state index in [9.17, 15) is 18.0 Å². The van der Waals surface area contributed by atoms with Crippen molar-refractivity contribution in [2.24, 2.45) is 5.73 Å². The number of nitrogens with one attached hydrogen (secondary N) is 1. The third-order valence-electron chi connectivity index (χ3n) is 2.81. The van der Waals surface area contributed by atoms with Crippen LogP contribution in [0.2, 0.25) is 0 Å². The predicted molar refractivity (Wildman–Crippen MR) is 70.3 cm³/mol. The number of benzene rings is 2. The lowest BCUT2D eigenvalue weighted by molar-refractivity contribution is 0.100. The number of carbonyl (C=O) groups excluding carboxylic acids is 1. The number of primary amides is 1. The second-order valence-corrected chi connectivity index (χ2v) is 4.32. The molecule has 0 heterocycles. The highest BCUT2D eigenvalue weighted by Gasteiger charge is 2.11. The average molecular weight is 296 g/mol. The van der Waals surface area contributed by atoms with Gasteiger partial charge in [-0.15, -0.1) is 0 Å². The topological polar surface area (TPSA) is 75.4 Å². The summed E-state index contributed by atoms with van der Waals surface area (Å²) in [7, 11) is 0. The number of carbonyl (C=O) groups is 1. The Morgan fingerprint density at radius 2 is 1.71 bits per heavy atom. The second-order valence-electron chi connectivity index (χ2n) is 4.32. The summed E-state index contributed by atoms with van der Waals surface area (Å²) in [5, 5.41) is 11.6. The monoisotopic (exact) mass is 296 g/mol. The number of hydrogen-bond donors (Lipinski definition) is 3. The van der Waals surface area contributed by atoms with Crippen molar-refractivity contribution in [3.05, 3.63) is 58.9 Å². The number of amides is 1. The zero-order valence-electron chi connectivity index (χ0n) is 10.7. The summed E-state index contributed by atoms with van der Waals surface area (Å²) in [6.45, 7) is -0.104. The molecule has 0 radical (unpaired) electrons. The summed E-state index contributed by atoms with van der Waals surface area (Å²) >= 11 is 0. The van der Waals surface area contributed by atoms with Crippen LogP contribution in [0.1, 0.15) is 15.9 Å². The first-order chi connectivity index (χ1) is 9.88. The van der Waals surface area contributed by atoms with Gasteiger partial charge in [-0.05, 0) is 35.9 Å². The molecule has 110 valence electrons. The maximum Gasteiger partial charge on any atom is 0.248 e. The molecule has 0 aliphatic heterocycles. The zero-order valence-corrected chi connectivity index (χ0v) is 10.7. The van der Waals surface area contributed by atoms with Crippen LogP contribution in [-0.4, -0.2) is 11.0 Å². The van der Waals surface area contributed by atoms with Gasteiger partial charge in [-0.3, -0.25) is 4.79 Å². The van der Waals surface area contributed by atoms with E-state index >= 15 is 0 Å². The van der Waals surface area contributed by atoms with E-state index in [1.165, 1.54) is 12.1 Å². The van der Waals surface area contributed by atoms with Crippen LogP contribution < -0.4 is 11.1 Å². The van der Waals surface area contributed by atoms with Gasteiger partial charge < -0.3 is 16.2 Å². The van der Waals surface area contributed by atoms with E-state index in [1.807, 2.05) is 0 Å². The Kier molecular flexibility index (Phi) is 4.02. The molecule has 2 aromatic rings. The minimum atomic E-state index is -1.11. The van der Waals surface area contributed by atoms with E-state index in [4.69, 9.17) is 10.8 Å². The summed E-state index contributed by atoms with van der Waals surface area (Å²) in [4.78, 5) is 11.0. The molecule has 0 saturated carbocycles. The van der Waals surface area contributed by atoms with Crippen LogP contribution in [0.3, 0.4) is 0 Å². The zero-order chi connectivity index (χ0) is 15.6. The van der Waals surface area contributed by atoms with Crippen LogP contribution >= 0.6 is 0 Å². The fraction of sp³-hybridized carbons (Fsp3) is 0.0714. The molecule has 4 nitrogen and oxygen atoms in total. The van der Waals surface area contributed by atoms with Gasteiger partial charge in [0.1, 0.15) is 5.82 Å². The number of rotatable bonds is 4. The molecule has 0 unspecified atom stereocenters. The molecule has 0 bridgehead atoms. The lowest BCUT2D eigenvalue weighted by Crippen LogP contribution is -2.12. The third kappa shape index (κ3) is 3.25. The van der Waals surface area contributed by atoms with Crippen molar-refractivity contribution in [2.45, 2.75) is 6.54 Å². The fourth-order valence-corrected chi connectivity index (χ4v) is 1.73. The molecular formula is C14H11F3N2O2. The largest absolute Gasteiger partial charge is 0.503 e. The maximum absolute atomic E-state index is 13.6. The highest BCUT2D eigenvalue weighted by Crippen LogP contribution is 2.23. The summed E-state index contributed by atoms with van der Waals surface area (Å²) in [6, 6.07) is 5.32. The number of anilines is 1. The van der Waals surface area contributed by atoms with Crippen molar-refractivity contribution in [1.29, 1.82) is 0 Å². The van der Waals surface area contributed by atoms with E-state index in [1.54, 1.807) is 0 Å². The van der Waals surface area contributed by atoms with Crippen molar-refractivity contribution < 1.29 is 23.1 Å². The fourth-order valence-electron chi connectivity index (χ4n) is 1.73. The van der Waals surface area contributed by atoms with E-state index in [-0.39, 0.29) is 23.4 Å². The van der Waals surface area contributed by atoms with Gasteiger partial charge in [-0.2, -0.15) is 0 Å². The second kappa shape index (κ2) is 5.74. The number of hydrogen-bond acceptors (Lipinski definition) is 3. The lowest BCUT2D eigenvalue weighted by atomic mass is 10.1. The summed E-state index contributed by atoms with van der Waals surface area (Å²) in [6.07, 6.45) is 0. The maximum atomic E-state index is 13.6. The Hall–Kier alpha value is -2.70. The van der Waals surface area contributed by atoms with Gasteiger partial charge in [0.25, 0.3) is 0 Å². The Bertz CT molecular complexity index is 682. The van der Waals surface area contributed by atoms with Crippen LogP contribution in [0.4, 0.5) is 18.9 Å². The molecule has 4 N–H and O–H groups in total. The van der Waals surface area contributed by atoms with Gasteiger partial charge in [-0.1, -0.05) is 0 Å². The van der Waals surface area contributed by atoms with Crippen LogP contribution in [0.5, 0.6) is 5.75 Å². The van der Waals surface area contributed by atoms with Crippen molar-refractivity contribution in [2.75, 3.05) is 5.32 Å². The summed E-state index contributed by atoms with van der Waals surface area (Å²) in [5.74, 6) is -4.66. The number of phenols is 1. The molecule has 2 aromatic carbocycles. The minimum Gasteiger partial charge on any atom is -0.503 e. The molecule has 0 atom stereocenters. The minimum absolute atomic E-state index is 0.0276. The van der Waals surface area contributed by atoms with Gasteiger partial charge in [0, 0.05) is 12.1 Å². The average Bonchev–Trinajstić information content (AvgIpc) is 2.43.